The summed E-state index contributed by atoms with van der Waals surface area (Å²) in [6, 6.07) is 15.9. The van der Waals surface area contributed by atoms with Crippen LogP contribution in [0.2, 0.25) is 0 Å². The summed E-state index contributed by atoms with van der Waals surface area (Å²) in [5.41, 5.74) is 4.61. The predicted octanol–water partition coefficient (Wildman–Crippen LogP) is 3.55. The zero-order chi connectivity index (χ0) is 24.5. The van der Waals surface area contributed by atoms with Crippen molar-refractivity contribution in [2.45, 2.75) is 38.6 Å². The fourth-order valence-corrected chi connectivity index (χ4v) is 4.04. The average molecular weight is 469 g/mol. The minimum atomic E-state index is -0.928. The Morgan fingerprint density at radius 1 is 0.971 bits per heavy atom. The van der Waals surface area contributed by atoms with Gasteiger partial charge in [0.05, 0.1) is 19.6 Å². The van der Waals surface area contributed by atoms with Gasteiger partial charge in [-0.15, -0.1) is 0 Å². The van der Waals surface area contributed by atoms with E-state index >= 15 is 0 Å². The van der Waals surface area contributed by atoms with Crippen LogP contribution in [0.3, 0.4) is 0 Å². The van der Waals surface area contributed by atoms with E-state index in [9.17, 15) is 14.4 Å². The van der Waals surface area contributed by atoms with Crippen LogP contribution >= 0.6 is 0 Å². The molecule has 2 aromatic carbocycles. The van der Waals surface area contributed by atoms with Gasteiger partial charge in [-0.05, 0) is 28.2 Å². The van der Waals surface area contributed by atoms with Gasteiger partial charge in [0.15, 0.2) is 0 Å². The van der Waals surface area contributed by atoms with Crippen molar-refractivity contribution in [3.05, 3.63) is 59.7 Å². The Bertz CT molecular complexity index is 961. The lowest BCUT2D eigenvalue weighted by Gasteiger charge is -2.22. The molecule has 0 aromatic heterocycles. The lowest BCUT2D eigenvalue weighted by Crippen LogP contribution is -2.43. The van der Waals surface area contributed by atoms with Gasteiger partial charge in [0.25, 0.3) is 0 Å². The van der Waals surface area contributed by atoms with Gasteiger partial charge >= 0.3 is 12.1 Å². The van der Waals surface area contributed by atoms with Gasteiger partial charge in [0, 0.05) is 24.9 Å². The number of amides is 2. The largest absolute Gasteiger partial charge is 0.481 e. The lowest BCUT2D eigenvalue weighted by molar-refractivity contribution is -0.138. The molecule has 0 spiro atoms. The topological polar surface area (TPSA) is 114 Å². The molecule has 34 heavy (non-hydrogen) atoms. The highest BCUT2D eigenvalue weighted by Crippen LogP contribution is 2.44. The maximum Gasteiger partial charge on any atom is 0.407 e. The zero-order valence-electron chi connectivity index (χ0n) is 19.6. The van der Waals surface area contributed by atoms with Gasteiger partial charge in [-0.25, -0.2) is 4.79 Å². The first-order chi connectivity index (χ1) is 16.4. The number of carboxylic acid groups (broad SMARTS) is 1. The van der Waals surface area contributed by atoms with E-state index < -0.39 is 12.1 Å². The molecule has 8 nitrogen and oxygen atoms in total. The van der Waals surface area contributed by atoms with Crippen molar-refractivity contribution < 1.29 is 29.0 Å². The molecular weight excluding hydrogens is 436 g/mol. The summed E-state index contributed by atoms with van der Waals surface area (Å²) >= 11 is 0. The number of aliphatic carboxylic acids is 1. The number of alkyl carbamates (subject to hydrolysis) is 1. The van der Waals surface area contributed by atoms with Crippen LogP contribution in [-0.2, 0) is 19.1 Å². The summed E-state index contributed by atoms with van der Waals surface area (Å²) in [5, 5.41) is 14.1. The van der Waals surface area contributed by atoms with E-state index in [0.29, 0.717) is 0 Å². The van der Waals surface area contributed by atoms with Crippen molar-refractivity contribution in [3.63, 3.8) is 0 Å². The van der Waals surface area contributed by atoms with Gasteiger partial charge in [0.2, 0.25) is 5.91 Å². The highest BCUT2D eigenvalue weighted by atomic mass is 16.5. The average Bonchev–Trinajstić information content (AvgIpc) is 3.13. The Morgan fingerprint density at radius 3 is 2.18 bits per heavy atom. The number of carboxylic acids is 1. The summed E-state index contributed by atoms with van der Waals surface area (Å²) in [6.07, 6.45) is -0.518. The molecule has 182 valence electrons. The summed E-state index contributed by atoms with van der Waals surface area (Å²) in [7, 11) is 0. The van der Waals surface area contributed by atoms with Gasteiger partial charge in [-0.2, -0.15) is 0 Å². The third-order valence-electron chi connectivity index (χ3n) is 5.89. The fraction of sp³-hybridized carbons (Fsp3) is 0.423. The van der Waals surface area contributed by atoms with Crippen LogP contribution in [0.15, 0.2) is 48.5 Å². The standard InChI is InChI=1S/C26H32N2O6/c1-17(2)23(15-24(29)27-12-14-33-13-11-25(30)31)28-26(32)34-16-22-20-9-5-3-7-18(20)19-8-4-6-10-21(19)22/h3-10,17,22-23H,11-16H2,1-2H3,(H,27,29)(H,28,32)(H,30,31)/t23-/m0/s1. The smallest absolute Gasteiger partial charge is 0.407 e. The molecule has 1 atom stereocenters. The van der Waals surface area contributed by atoms with Crippen molar-refractivity contribution in [1.29, 1.82) is 0 Å². The molecule has 3 rings (SSSR count). The maximum absolute atomic E-state index is 12.6. The van der Waals surface area contributed by atoms with Gasteiger partial charge < -0.3 is 25.2 Å². The summed E-state index contributed by atoms with van der Waals surface area (Å²) in [4.78, 5) is 35.3. The minimum absolute atomic E-state index is 0.0260. The molecule has 0 fully saturated rings. The predicted molar refractivity (Wildman–Crippen MR) is 128 cm³/mol. The van der Waals surface area contributed by atoms with Crippen LogP contribution in [0.1, 0.15) is 43.7 Å². The first-order valence-electron chi connectivity index (χ1n) is 11.5. The number of hydrogen-bond donors (Lipinski definition) is 3. The Hall–Kier alpha value is -3.39. The number of benzene rings is 2. The highest BCUT2D eigenvalue weighted by Gasteiger charge is 2.29. The van der Waals surface area contributed by atoms with Gasteiger partial charge in [0.1, 0.15) is 6.61 Å². The van der Waals surface area contributed by atoms with Crippen LogP contribution in [-0.4, -0.2) is 55.5 Å². The second-order valence-corrected chi connectivity index (χ2v) is 8.63. The molecule has 0 saturated heterocycles. The molecule has 1 aliphatic rings. The number of rotatable bonds is 12. The summed E-state index contributed by atoms with van der Waals surface area (Å²) < 4.78 is 10.8. The van der Waals surface area contributed by atoms with Crippen LogP contribution < -0.4 is 10.6 Å². The molecule has 0 heterocycles. The second-order valence-electron chi connectivity index (χ2n) is 8.63. The fourth-order valence-electron chi connectivity index (χ4n) is 4.04. The first kappa shape index (κ1) is 25.2. The number of nitrogens with one attached hydrogen (secondary N) is 2. The van der Waals surface area contributed by atoms with Crippen LogP contribution in [0.4, 0.5) is 4.79 Å². The molecule has 2 amide bonds. The van der Waals surface area contributed by atoms with Crippen molar-refractivity contribution in [1.82, 2.24) is 10.6 Å². The van der Waals surface area contributed by atoms with Crippen molar-refractivity contribution in [2.24, 2.45) is 5.92 Å². The third kappa shape index (κ3) is 6.81. The van der Waals surface area contributed by atoms with Crippen LogP contribution in [0.25, 0.3) is 11.1 Å². The molecule has 0 bridgehead atoms. The maximum atomic E-state index is 12.6. The van der Waals surface area contributed by atoms with Crippen LogP contribution in [0, 0.1) is 5.92 Å². The molecule has 3 N–H and O–H groups in total. The number of carbonyl (C=O) groups is 3. The molecule has 8 heteroatoms. The number of hydrogen-bond acceptors (Lipinski definition) is 5. The molecule has 1 aliphatic carbocycles. The quantitative estimate of drug-likeness (QED) is 0.411. The van der Waals surface area contributed by atoms with E-state index in [1.807, 2.05) is 38.1 Å². The minimum Gasteiger partial charge on any atom is -0.481 e. The second kappa shape index (κ2) is 12.2. The van der Waals surface area contributed by atoms with Gasteiger partial charge in [-0.3, -0.25) is 9.59 Å². The normalized spacial score (nSPS) is 13.1. The van der Waals surface area contributed by atoms with Crippen molar-refractivity contribution in [2.75, 3.05) is 26.4 Å². The van der Waals surface area contributed by atoms with E-state index in [1.165, 1.54) is 0 Å². The third-order valence-corrected chi connectivity index (χ3v) is 5.89. The van der Waals surface area contributed by atoms with Crippen LogP contribution in [0.5, 0.6) is 0 Å². The van der Waals surface area contributed by atoms with E-state index in [2.05, 4.69) is 34.9 Å². The summed E-state index contributed by atoms with van der Waals surface area (Å²) in [5.74, 6) is -1.15. The zero-order valence-corrected chi connectivity index (χ0v) is 19.6. The van der Waals surface area contributed by atoms with E-state index in [-0.39, 0.29) is 63.0 Å². The molecule has 0 radical (unpaired) electrons. The SMILES string of the molecule is CC(C)[C@H](CC(=O)NCCOCCC(=O)O)NC(=O)OCC1c2ccccc2-c2ccccc21. The number of fused-ring (bicyclic) bond motifs is 3. The first-order valence-corrected chi connectivity index (χ1v) is 11.5. The van der Waals surface area contributed by atoms with Crippen molar-refractivity contribution in [3.8, 4) is 11.1 Å². The molecule has 0 aliphatic heterocycles. The molecule has 0 unspecified atom stereocenters. The van der Waals surface area contributed by atoms with E-state index in [0.717, 1.165) is 22.3 Å². The Kier molecular flexibility index (Phi) is 9.04. The Morgan fingerprint density at radius 2 is 1.59 bits per heavy atom. The lowest BCUT2D eigenvalue weighted by atomic mass is 9.98. The van der Waals surface area contributed by atoms with E-state index in [4.69, 9.17) is 14.6 Å². The van der Waals surface area contributed by atoms with Crippen molar-refractivity contribution >= 4 is 18.0 Å². The van der Waals surface area contributed by atoms with Gasteiger partial charge in [-0.1, -0.05) is 62.4 Å². The summed E-state index contributed by atoms with van der Waals surface area (Å²) in [6.45, 7) is 4.67. The number of ether oxygens (including phenoxy) is 2. The van der Waals surface area contributed by atoms with E-state index in [1.54, 1.807) is 0 Å². The molecule has 2 aromatic rings. The Balaban J connectivity index is 1.47. The monoisotopic (exact) mass is 468 g/mol. The number of carbonyl (C=O) groups excluding carboxylic acids is 2. The highest BCUT2D eigenvalue weighted by molar-refractivity contribution is 5.79. The Labute approximate surface area is 199 Å². The molecule has 0 saturated carbocycles. The molecular formula is C26H32N2O6.